The fraction of sp³-hybridized carbons (Fsp3) is 0.381. The SMILES string of the molecule is CCC(NC(=O)c1cc(C2CC2)nc2onc(C)c12)c1ccc(OC)cc1. The first-order valence-corrected chi connectivity index (χ1v) is 9.32. The van der Waals surface area contributed by atoms with Gasteiger partial charge in [0.25, 0.3) is 11.6 Å². The molecule has 2 heterocycles. The van der Waals surface area contributed by atoms with E-state index in [2.05, 4.69) is 22.4 Å². The van der Waals surface area contributed by atoms with Gasteiger partial charge in [0.2, 0.25) is 0 Å². The number of hydrogen-bond acceptors (Lipinski definition) is 5. The number of nitrogens with one attached hydrogen (secondary N) is 1. The minimum atomic E-state index is -0.127. The van der Waals surface area contributed by atoms with E-state index in [0.717, 1.165) is 36.3 Å². The van der Waals surface area contributed by atoms with Crippen LogP contribution in [0.1, 0.15) is 65.5 Å². The molecule has 1 atom stereocenters. The number of pyridine rings is 1. The molecule has 1 fully saturated rings. The van der Waals surface area contributed by atoms with Gasteiger partial charge in [0.1, 0.15) is 5.75 Å². The second kappa shape index (κ2) is 7.02. The minimum Gasteiger partial charge on any atom is -0.497 e. The molecule has 1 aliphatic rings. The number of rotatable bonds is 6. The van der Waals surface area contributed by atoms with Gasteiger partial charge in [-0.25, -0.2) is 4.98 Å². The van der Waals surface area contributed by atoms with E-state index in [9.17, 15) is 4.79 Å². The van der Waals surface area contributed by atoms with Crippen molar-refractivity contribution in [1.82, 2.24) is 15.5 Å². The van der Waals surface area contributed by atoms with Gasteiger partial charge in [-0.3, -0.25) is 4.79 Å². The van der Waals surface area contributed by atoms with Gasteiger partial charge >= 0.3 is 0 Å². The summed E-state index contributed by atoms with van der Waals surface area (Å²) in [4.78, 5) is 17.7. The summed E-state index contributed by atoms with van der Waals surface area (Å²) in [6, 6.07) is 9.59. The molecule has 1 aromatic carbocycles. The van der Waals surface area contributed by atoms with Crippen LogP contribution in [0.5, 0.6) is 5.75 Å². The third kappa shape index (κ3) is 3.39. The Hall–Kier alpha value is -2.89. The molecular formula is C21H23N3O3. The molecule has 1 amide bonds. The fourth-order valence-corrected chi connectivity index (χ4v) is 3.37. The van der Waals surface area contributed by atoms with Gasteiger partial charge in [-0.05, 0) is 49.9 Å². The predicted octanol–water partition coefficient (Wildman–Crippen LogP) is 4.30. The molecule has 0 spiro atoms. The Kier molecular flexibility index (Phi) is 4.56. The van der Waals surface area contributed by atoms with Crippen LogP contribution in [0.25, 0.3) is 11.1 Å². The van der Waals surface area contributed by atoms with Crippen molar-refractivity contribution < 1.29 is 14.1 Å². The summed E-state index contributed by atoms with van der Waals surface area (Å²) in [5, 5.41) is 7.86. The molecular weight excluding hydrogens is 342 g/mol. The summed E-state index contributed by atoms with van der Waals surface area (Å²) in [6.07, 6.45) is 3.00. The Labute approximate surface area is 157 Å². The van der Waals surface area contributed by atoms with Crippen LogP contribution in [-0.2, 0) is 0 Å². The lowest BCUT2D eigenvalue weighted by atomic mass is 10.0. The van der Waals surface area contributed by atoms with E-state index in [1.165, 1.54) is 0 Å². The number of amides is 1. The van der Waals surface area contributed by atoms with Crippen molar-refractivity contribution in [3.8, 4) is 5.75 Å². The molecule has 2 aromatic heterocycles. The molecule has 0 aliphatic heterocycles. The Morgan fingerprint density at radius 1 is 1.33 bits per heavy atom. The van der Waals surface area contributed by atoms with E-state index in [1.807, 2.05) is 37.3 Å². The zero-order chi connectivity index (χ0) is 19.0. The van der Waals surface area contributed by atoms with E-state index in [-0.39, 0.29) is 11.9 Å². The highest BCUT2D eigenvalue weighted by Crippen LogP contribution is 2.40. The summed E-state index contributed by atoms with van der Waals surface area (Å²) in [5.41, 5.74) is 3.68. The van der Waals surface area contributed by atoms with Crippen molar-refractivity contribution in [3.05, 3.63) is 52.8 Å². The van der Waals surface area contributed by atoms with Gasteiger partial charge in [0, 0.05) is 11.6 Å². The smallest absolute Gasteiger partial charge is 0.259 e. The molecule has 0 saturated heterocycles. The molecule has 0 bridgehead atoms. The standard InChI is InChI=1S/C21H23N3O3/c1-4-17(13-7-9-15(26-3)10-8-13)22-20(25)16-11-18(14-5-6-14)23-21-19(16)12(2)24-27-21/h7-11,14,17H,4-6H2,1-3H3,(H,22,25). The number of benzene rings is 1. The zero-order valence-corrected chi connectivity index (χ0v) is 15.8. The van der Waals surface area contributed by atoms with Gasteiger partial charge in [0.15, 0.2) is 0 Å². The molecule has 6 nitrogen and oxygen atoms in total. The molecule has 1 N–H and O–H groups in total. The van der Waals surface area contributed by atoms with Crippen LogP contribution < -0.4 is 10.1 Å². The zero-order valence-electron chi connectivity index (χ0n) is 15.8. The van der Waals surface area contributed by atoms with Crippen LogP contribution in [0.3, 0.4) is 0 Å². The largest absolute Gasteiger partial charge is 0.497 e. The van der Waals surface area contributed by atoms with Gasteiger partial charge in [-0.1, -0.05) is 24.2 Å². The van der Waals surface area contributed by atoms with Crippen molar-refractivity contribution in [2.45, 2.75) is 45.1 Å². The van der Waals surface area contributed by atoms with E-state index >= 15 is 0 Å². The molecule has 27 heavy (non-hydrogen) atoms. The lowest BCUT2D eigenvalue weighted by Crippen LogP contribution is -2.28. The Balaban J connectivity index is 1.65. The maximum atomic E-state index is 13.1. The number of ether oxygens (including phenoxy) is 1. The van der Waals surface area contributed by atoms with Crippen LogP contribution in [0.4, 0.5) is 0 Å². The van der Waals surface area contributed by atoms with Crippen molar-refractivity contribution >= 4 is 17.0 Å². The van der Waals surface area contributed by atoms with Crippen LogP contribution in [0.2, 0.25) is 0 Å². The lowest BCUT2D eigenvalue weighted by molar-refractivity contribution is 0.0937. The number of nitrogens with zero attached hydrogens (tertiary/aromatic N) is 2. The highest BCUT2D eigenvalue weighted by molar-refractivity contribution is 6.06. The first-order valence-electron chi connectivity index (χ1n) is 9.32. The molecule has 140 valence electrons. The summed E-state index contributed by atoms with van der Waals surface area (Å²) in [5.74, 6) is 1.10. The van der Waals surface area contributed by atoms with Gasteiger partial charge in [-0.15, -0.1) is 0 Å². The van der Waals surface area contributed by atoms with E-state index in [1.54, 1.807) is 7.11 Å². The first kappa shape index (κ1) is 17.5. The minimum absolute atomic E-state index is 0.0869. The maximum Gasteiger partial charge on any atom is 0.259 e. The topological polar surface area (TPSA) is 77.3 Å². The average Bonchev–Trinajstić information content (AvgIpc) is 3.49. The Bertz CT molecular complexity index is 974. The summed E-state index contributed by atoms with van der Waals surface area (Å²) in [7, 11) is 1.64. The molecule has 3 aromatic rings. The highest BCUT2D eigenvalue weighted by atomic mass is 16.5. The summed E-state index contributed by atoms with van der Waals surface area (Å²) < 4.78 is 10.6. The Morgan fingerprint density at radius 2 is 2.07 bits per heavy atom. The number of carbonyl (C=O) groups is 1. The number of fused-ring (bicyclic) bond motifs is 1. The normalized spacial score (nSPS) is 14.9. The van der Waals surface area contributed by atoms with Gasteiger partial charge < -0.3 is 14.6 Å². The first-order chi connectivity index (χ1) is 13.1. The number of aromatic nitrogens is 2. The van der Waals surface area contributed by atoms with Crippen LogP contribution in [0, 0.1) is 6.92 Å². The number of aryl methyl sites for hydroxylation is 1. The summed E-state index contributed by atoms with van der Waals surface area (Å²) in [6.45, 7) is 3.89. The van der Waals surface area contributed by atoms with Crippen molar-refractivity contribution in [3.63, 3.8) is 0 Å². The van der Waals surface area contributed by atoms with Crippen LogP contribution >= 0.6 is 0 Å². The van der Waals surface area contributed by atoms with E-state index < -0.39 is 0 Å². The van der Waals surface area contributed by atoms with Crippen LogP contribution in [0.15, 0.2) is 34.9 Å². The Morgan fingerprint density at radius 3 is 2.70 bits per heavy atom. The fourth-order valence-electron chi connectivity index (χ4n) is 3.37. The average molecular weight is 365 g/mol. The van der Waals surface area contributed by atoms with Gasteiger partial charge in [0.05, 0.1) is 29.8 Å². The lowest BCUT2D eigenvalue weighted by Gasteiger charge is -2.18. The highest BCUT2D eigenvalue weighted by Gasteiger charge is 2.29. The number of hydrogen-bond donors (Lipinski definition) is 1. The van der Waals surface area contributed by atoms with Crippen molar-refractivity contribution in [2.24, 2.45) is 0 Å². The maximum absolute atomic E-state index is 13.1. The van der Waals surface area contributed by atoms with E-state index in [4.69, 9.17) is 9.26 Å². The van der Waals surface area contributed by atoms with Crippen molar-refractivity contribution in [2.75, 3.05) is 7.11 Å². The van der Waals surface area contributed by atoms with Crippen molar-refractivity contribution in [1.29, 1.82) is 0 Å². The molecule has 4 rings (SSSR count). The van der Waals surface area contributed by atoms with Crippen LogP contribution in [-0.4, -0.2) is 23.2 Å². The molecule has 1 unspecified atom stereocenters. The second-order valence-corrected chi connectivity index (χ2v) is 7.02. The van der Waals surface area contributed by atoms with E-state index in [0.29, 0.717) is 28.3 Å². The second-order valence-electron chi connectivity index (χ2n) is 7.02. The molecule has 1 saturated carbocycles. The molecule has 6 heteroatoms. The predicted molar refractivity (Wildman–Crippen MR) is 102 cm³/mol. The van der Waals surface area contributed by atoms with Gasteiger partial charge in [-0.2, -0.15) is 0 Å². The monoisotopic (exact) mass is 365 g/mol. The summed E-state index contributed by atoms with van der Waals surface area (Å²) >= 11 is 0. The number of methoxy groups -OCH3 is 1. The third-order valence-electron chi connectivity index (χ3n) is 5.11. The number of carbonyl (C=O) groups excluding carboxylic acids is 1. The molecule has 0 radical (unpaired) electrons. The quantitative estimate of drug-likeness (QED) is 0.705. The third-order valence-corrected chi connectivity index (χ3v) is 5.11. The molecule has 1 aliphatic carbocycles.